The van der Waals surface area contributed by atoms with Crippen LogP contribution in [0.25, 0.3) is 0 Å². The number of rotatable bonds is 7. The molecule has 1 aromatic carbocycles. The highest BCUT2D eigenvalue weighted by molar-refractivity contribution is 5.30. The summed E-state index contributed by atoms with van der Waals surface area (Å²) in [4.78, 5) is 0. The molecule has 3 heteroatoms. The molecule has 3 nitrogen and oxygen atoms in total. The zero-order chi connectivity index (χ0) is 13.6. The number of benzene rings is 1. The van der Waals surface area contributed by atoms with Gasteiger partial charge in [-0.05, 0) is 31.9 Å². The van der Waals surface area contributed by atoms with E-state index in [4.69, 9.17) is 4.74 Å². The lowest BCUT2D eigenvalue weighted by molar-refractivity contribution is 0.0247. The van der Waals surface area contributed by atoms with E-state index < -0.39 is 5.60 Å². The van der Waals surface area contributed by atoms with E-state index >= 15 is 0 Å². The molecule has 0 aliphatic rings. The van der Waals surface area contributed by atoms with Gasteiger partial charge in [0.1, 0.15) is 0 Å². The van der Waals surface area contributed by atoms with E-state index in [2.05, 4.69) is 37.4 Å². The number of aliphatic hydroxyl groups is 1. The molecule has 0 saturated carbocycles. The standard InChI is InChI=1S/C15H25NO2/c1-12-5-6-13(2)14(9-12)10-16-11-15(3,17)7-8-18-4/h5-6,9,16-17H,7-8,10-11H2,1-4H3. The third-order valence-electron chi connectivity index (χ3n) is 3.17. The van der Waals surface area contributed by atoms with Crippen molar-refractivity contribution in [3.8, 4) is 0 Å². The van der Waals surface area contributed by atoms with Crippen molar-refractivity contribution in [1.82, 2.24) is 5.32 Å². The number of hydrogen-bond donors (Lipinski definition) is 2. The summed E-state index contributed by atoms with van der Waals surface area (Å²) in [5.74, 6) is 0. The fourth-order valence-electron chi connectivity index (χ4n) is 1.87. The molecule has 0 bridgehead atoms. The van der Waals surface area contributed by atoms with E-state index in [1.165, 1.54) is 16.7 Å². The van der Waals surface area contributed by atoms with Crippen LogP contribution < -0.4 is 5.32 Å². The summed E-state index contributed by atoms with van der Waals surface area (Å²) in [5.41, 5.74) is 3.12. The molecule has 0 radical (unpaired) electrons. The first-order valence-electron chi connectivity index (χ1n) is 6.43. The predicted octanol–water partition coefficient (Wildman–Crippen LogP) is 2.18. The number of aryl methyl sites for hydroxylation is 2. The van der Waals surface area contributed by atoms with Crippen molar-refractivity contribution in [2.75, 3.05) is 20.3 Å². The van der Waals surface area contributed by atoms with E-state index in [-0.39, 0.29) is 0 Å². The van der Waals surface area contributed by atoms with Crippen molar-refractivity contribution >= 4 is 0 Å². The van der Waals surface area contributed by atoms with Gasteiger partial charge in [-0.15, -0.1) is 0 Å². The fourth-order valence-corrected chi connectivity index (χ4v) is 1.87. The van der Waals surface area contributed by atoms with E-state index in [0.717, 1.165) is 6.54 Å². The molecule has 0 amide bonds. The average Bonchev–Trinajstić information content (AvgIpc) is 2.31. The average molecular weight is 251 g/mol. The van der Waals surface area contributed by atoms with Gasteiger partial charge >= 0.3 is 0 Å². The van der Waals surface area contributed by atoms with Gasteiger partial charge in [-0.25, -0.2) is 0 Å². The largest absolute Gasteiger partial charge is 0.389 e. The third-order valence-corrected chi connectivity index (χ3v) is 3.17. The molecule has 0 spiro atoms. The normalized spacial score (nSPS) is 14.5. The third kappa shape index (κ3) is 5.17. The van der Waals surface area contributed by atoms with Gasteiger partial charge in [-0.1, -0.05) is 23.8 Å². The van der Waals surface area contributed by atoms with E-state index in [9.17, 15) is 5.11 Å². The molecule has 0 aromatic heterocycles. The lowest BCUT2D eigenvalue weighted by Crippen LogP contribution is -2.38. The van der Waals surface area contributed by atoms with Gasteiger partial charge < -0.3 is 15.2 Å². The molecule has 18 heavy (non-hydrogen) atoms. The Balaban J connectivity index is 2.43. The number of methoxy groups -OCH3 is 1. The zero-order valence-corrected chi connectivity index (χ0v) is 11.9. The van der Waals surface area contributed by atoms with Crippen LogP contribution in [0.4, 0.5) is 0 Å². The molecule has 1 atom stereocenters. The number of nitrogens with one attached hydrogen (secondary N) is 1. The second-order valence-electron chi connectivity index (χ2n) is 5.27. The van der Waals surface area contributed by atoms with Gasteiger partial charge in [0.2, 0.25) is 0 Å². The van der Waals surface area contributed by atoms with Crippen LogP contribution in [0.1, 0.15) is 30.0 Å². The van der Waals surface area contributed by atoms with Crippen LogP contribution in [0.15, 0.2) is 18.2 Å². The number of ether oxygens (including phenoxy) is 1. The number of hydrogen-bond acceptors (Lipinski definition) is 3. The molecule has 2 N–H and O–H groups in total. The molecule has 1 rings (SSSR count). The van der Waals surface area contributed by atoms with E-state index in [1.807, 2.05) is 6.92 Å². The quantitative estimate of drug-likeness (QED) is 0.780. The Morgan fingerprint density at radius 2 is 2.06 bits per heavy atom. The highest BCUT2D eigenvalue weighted by Crippen LogP contribution is 2.12. The molecule has 0 aliphatic heterocycles. The Bertz CT molecular complexity index is 375. The van der Waals surface area contributed by atoms with E-state index in [1.54, 1.807) is 7.11 Å². The molecule has 1 unspecified atom stereocenters. The molecular formula is C15H25NO2. The summed E-state index contributed by atoms with van der Waals surface area (Å²) < 4.78 is 4.99. The van der Waals surface area contributed by atoms with Crippen LogP contribution in [-0.4, -0.2) is 31.0 Å². The minimum absolute atomic E-state index is 0.573. The van der Waals surface area contributed by atoms with Crippen LogP contribution >= 0.6 is 0 Å². The summed E-state index contributed by atoms with van der Waals surface area (Å²) in [6.45, 7) is 7.98. The Kier molecular flexibility index (Phi) is 5.79. The van der Waals surface area contributed by atoms with Crippen LogP contribution in [-0.2, 0) is 11.3 Å². The molecule has 102 valence electrons. The van der Waals surface area contributed by atoms with Crippen LogP contribution in [0.2, 0.25) is 0 Å². The predicted molar refractivity (Wildman–Crippen MR) is 74.7 cm³/mol. The van der Waals surface area contributed by atoms with Crippen molar-refractivity contribution < 1.29 is 9.84 Å². The van der Waals surface area contributed by atoms with Crippen molar-refractivity contribution in [3.05, 3.63) is 34.9 Å². The van der Waals surface area contributed by atoms with Gasteiger partial charge in [-0.2, -0.15) is 0 Å². The molecule has 0 heterocycles. The summed E-state index contributed by atoms with van der Waals surface area (Å²) >= 11 is 0. The maximum absolute atomic E-state index is 10.1. The smallest absolute Gasteiger partial charge is 0.0765 e. The van der Waals surface area contributed by atoms with Gasteiger partial charge in [-0.3, -0.25) is 0 Å². The van der Waals surface area contributed by atoms with Crippen LogP contribution in [0.3, 0.4) is 0 Å². The Hall–Kier alpha value is -0.900. The first kappa shape index (κ1) is 15.2. The molecular weight excluding hydrogens is 226 g/mol. The maximum Gasteiger partial charge on any atom is 0.0765 e. The lowest BCUT2D eigenvalue weighted by atomic mass is 10.0. The van der Waals surface area contributed by atoms with Crippen molar-refractivity contribution in [2.45, 2.75) is 39.3 Å². The SMILES string of the molecule is COCCC(C)(O)CNCc1cc(C)ccc1C. The summed E-state index contributed by atoms with van der Waals surface area (Å²) in [5, 5.41) is 13.4. The van der Waals surface area contributed by atoms with Crippen LogP contribution in [0, 0.1) is 13.8 Å². The second-order valence-corrected chi connectivity index (χ2v) is 5.27. The zero-order valence-electron chi connectivity index (χ0n) is 11.9. The molecule has 0 fully saturated rings. The van der Waals surface area contributed by atoms with Gasteiger partial charge in [0, 0.05) is 33.2 Å². The van der Waals surface area contributed by atoms with Crippen LogP contribution in [0.5, 0.6) is 0 Å². The van der Waals surface area contributed by atoms with E-state index in [0.29, 0.717) is 19.6 Å². The Morgan fingerprint density at radius 1 is 1.33 bits per heavy atom. The lowest BCUT2D eigenvalue weighted by Gasteiger charge is -2.23. The summed E-state index contributed by atoms with van der Waals surface area (Å²) in [7, 11) is 1.65. The molecule has 0 saturated heterocycles. The second kappa shape index (κ2) is 6.88. The van der Waals surface area contributed by atoms with Gasteiger partial charge in [0.25, 0.3) is 0 Å². The summed E-state index contributed by atoms with van der Waals surface area (Å²) in [6, 6.07) is 6.44. The van der Waals surface area contributed by atoms with Crippen molar-refractivity contribution in [3.63, 3.8) is 0 Å². The highest BCUT2D eigenvalue weighted by Gasteiger charge is 2.19. The van der Waals surface area contributed by atoms with Crippen molar-refractivity contribution in [2.24, 2.45) is 0 Å². The minimum Gasteiger partial charge on any atom is -0.389 e. The van der Waals surface area contributed by atoms with Gasteiger partial charge in [0.15, 0.2) is 0 Å². The first-order chi connectivity index (χ1) is 8.44. The monoisotopic (exact) mass is 251 g/mol. The van der Waals surface area contributed by atoms with Gasteiger partial charge in [0.05, 0.1) is 5.60 Å². The highest BCUT2D eigenvalue weighted by atomic mass is 16.5. The fraction of sp³-hybridized carbons (Fsp3) is 0.600. The molecule has 0 aliphatic carbocycles. The van der Waals surface area contributed by atoms with Crippen molar-refractivity contribution in [1.29, 1.82) is 0 Å². The topological polar surface area (TPSA) is 41.5 Å². The molecule has 1 aromatic rings. The Labute approximate surface area is 110 Å². The summed E-state index contributed by atoms with van der Waals surface area (Å²) in [6.07, 6.45) is 0.642. The minimum atomic E-state index is -0.715. The maximum atomic E-state index is 10.1. The Morgan fingerprint density at radius 3 is 2.72 bits per heavy atom. The first-order valence-corrected chi connectivity index (χ1v) is 6.43.